The Bertz CT molecular complexity index is 811. The maximum atomic E-state index is 13.1. The Morgan fingerprint density at radius 1 is 1.10 bits per heavy atom. The van der Waals surface area contributed by atoms with Gasteiger partial charge in [0, 0.05) is 34.4 Å². The number of ketones is 1. The molecule has 1 heterocycles. The maximum absolute atomic E-state index is 13.1. The van der Waals surface area contributed by atoms with Gasteiger partial charge in [-0.05, 0) is 18.2 Å². The average Bonchev–Trinajstić information content (AvgIpc) is 2.92. The minimum absolute atomic E-state index is 0.00687. The zero-order valence-electron chi connectivity index (χ0n) is 11.0. The first-order valence-corrected chi connectivity index (χ1v) is 6.43. The van der Waals surface area contributed by atoms with Gasteiger partial charge in [0.2, 0.25) is 0 Å². The molecule has 106 valence electrons. The van der Waals surface area contributed by atoms with Crippen LogP contribution in [0.5, 0.6) is 0 Å². The van der Waals surface area contributed by atoms with Gasteiger partial charge in [0.1, 0.15) is 0 Å². The van der Waals surface area contributed by atoms with Crippen molar-refractivity contribution in [2.75, 3.05) is 11.9 Å². The number of fused-ring (bicyclic) bond motifs is 1. The molecular formula is C16H12F2N2O. The van der Waals surface area contributed by atoms with E-state index in [9.17, 15) is 13.6 Å². The molecule has 0 bridgehead atoms. The van der Waals surface area contributed by atoms with Crippen molar-refractivity contribution in [2.45, 2.75) is 0 Å². The van der Waals surface area contributed by atoms with Gasteiger partial charge in [0.05, 0.1) is 6.54 Å². The maximum Gasteiger partial charge on any atom is 0.183 e. The van der Waals surface area contributed by atoms with Crippen LogP contribution in [0.25, 0.3) is 10.9 Å². The monoisotopic (exact) mass is 286 g/mol. The highest BCUT2D eigenvalue weighted by Crippen LogP contribution is 2.19. The summed E-state index contributed by atoms with van der Waals surface area (Å²) in [4.78, 5) is 15.2. The zero-order chi connectivity index (χ0) is 14.8. The van der Waals surface area contributed by atoms with Crippen LogP contribution in [-0.4, -0.2) is 17.3 Å². The van der Waals surface area contributed by atoms with Crippen LogP contribution in [0, 0.1) is 11.6 Å². The first kappa shape index (κ1) is 13.3. The van der Waals surface area contributed by atoms with Gasteiger partial charge in [-0.1, -0.05) is 18.2 Å². The number of carbonyl (C=O) groups is 1. The highest BCUT2D eigenvalue weighted by atomic mass is 19.2. The predicted molar refractivity (Wildman–Crippen MR) is 77.5 cm³/mol. The Morgan fingerprint density at radius 2 is 1.90 bits per heavy atom. The molecule has 3 aromatic rings. The molecule has 0 saturated heterocycles. The Morgan fingerprint density at radius 3 is 2.71 bits per heavy atom. The Labute approximate surface area is 119 Å². The molecule has 0 aliphatic carbocycles. The third kappa shape index (κ3) is 2.63. The molecule has 2 N–H and O–H groups in total. The zero-order valence-corrected chi connectivity index (χ0v) is 11.0. The van der Waals surface area contributed by atoms with E-state index in [2.05, 4.69) is 10.3 Å². The summed E-state index contributed by atoms with van der Waals surface area (Å²) in [6, 6.07) is 10.9. The number of hydrogen-bond donors (Lipinski definition) is 2. The summed E-state index contributed by atoms with van der Waals surface area (Å²) in [5, 5.41) is 3.64. The lowest BCUT2D eigenvalue weighted by Gasteiger charge is -2.05. The van der Waals surface area contributed by atoms with Crippen molar-refractivity contribution in [3.05, 3.63) is 65.9 Å². The molecular weight excluding hydrogens is 274 g/mol. The summed E-state index contributed by atoms with van der Waals surface area (Å²) in [6.07, 6.45) is 1.65. The van der Waals surface area contributed by atoms with Crippen LogP contribution in [-0.2, 0) is 0 Å². The van der Waals surface area contributed by atoms with Gasteiger partial charge < -0.3 is 10.3 Å². The molecule has 0 aliphatic rings. The van der Waals surface area contributed by atoms with Crippen LogP contribution in [0.15, 0.2) is 48.7 Å². The molecule has 3 nitrogen and oxygen atoms in total. The van der Waals surface area contributed by atoms with Gasteiger partial charge in [0.15, 0.2) is 17.4 Å². The third-order valence-electron chi connectivity index (χ3n) is 3.26. The number of carbonyl (C=O) groups excluding carboxylic acids is 1. The minimum atomic E-state index is -0.945. The molecule has 0 fully saturated rings. The fraction of sp³-hybridized carbons (Fsp3) is 0.0625. The van der Waals surface area contributed by atoms with Crippen LogP contribution in [0.4, 0.5) is 14.5 Å². The first-order valence-electron chi connectivity index (χ1n) is 6.43. The topological polar surface area (TPSA) is 44.9 Å². The van der Waals surface area contributed by atoms with Crippen molar-refractivity contribution in [3.8, 4) is 0 Å². The molecule has 0 amide bonds. The Balaban J connectivity index is 1.76. The number of rotatable bonds is 4. The lowest BCUT2D eigenvalue weighted by atomic mass is 10.1. The number of para-hydroxylation sites is 1. The molecule has 1 aromatic heterocycles. The van der Waals surface area contributed by atoms with Crippen LogP contribution in [0.3, 0.4) is 0 Å². The summed E-state index contributed by atoms with van der Waals surface area (Å²) < 4.78 is 25.9. The van der Waals surface area contributed by atoms with E-state index < -0.39 is 11.6 Å². The number of Topliss-reactive ketones (excluding diaryl/α,β-unsaturated/α-hetero) is 1. The van der Waals surface area contributed by atoms with E-state index >= 15 is 0 Å². The lowest BCUT2D eigenvalue weighted by molar-refractivity contribution is 0.101. The van der Waals surface area contributed by atoms with Crippen molar-refractivity contribution >= 4 is 22.4 Å². The number of hydrogen-bond acceptors (Lipinski definition) is 2. The second kappa shape index (κ2) is 5.36. The van der Waals surface area contributed by atoms with Crippen molar-refractivity contribution in [3.63, 3.8) is 0 Å². The molecule has 5 heteroatoms. The predicted octanol–water partition coefficient (Wildman–Crippen LogP) is 3.74. The van der Waals surface area contributed by atoms with Gasteiger partial charge in [-0.2, -0.15) is 0 Å². The van der Waals surface area contributed by atoms with E-state index in [0.29, 0.717) is 11.3 Å². The van der Waals surface area contributed by atoms with E-state index in [0.717, 1.165) is 23.0 Å². The molecule has 2 aromatic carbocycles. The smallest absolute Gasteiger partial charge is 0.183 e. The molecule has 0 spiro atoms. The number of H-pyrrole nitrogens is 1. The minimum Gasteiger partial charge on any atom is -0.377 e. The summed E-state index contributed by atoms with van der Waals surface area (Å²) in [6.45, 7) is 0.00687. The largest absolute Gasteiger partial charge is 0.377 e. The number of aromatic nitrogens is 1. The van der Waals surface area contributed by atoms with E-state index in [1.807, 2.05) is 24.3 Å². The molecule has 0 radical (unpaired) electrons. The quantitative estimate of drug-likeness (QED) is 0.718. The molecule has 0 unspecified atom stereocenters. The first-order chi connectivity index (χ1) is 10.1. The van der Waals surface area contributed by atoms with E-state index in [4.69, 9.17) is 0 Å². The molecule has 0 saturated carbocycles. The van der Waals surface area contributed by atoms with Gasteiger partial charge in [-0.25, -0.2) is 8.78 Å². The second-order valence-corrected chi connectivity index (χ2v) is 4.65. The van der Waals surface area contributed by atoms with Crippen LogP contribution >= 0.6 is 0 Å². The fourth-order valence-corrected chi connectivity index (χ4v) is 2.19. The summed E-state index contributed by atoms with van der Waals surface area (Å²) >= 11 is 0. The fourth-order valence-electron chi connectivity index (χ4n) is 2.19. The van der Waals surface area contributed by atoms with E-state index in [1.54, 1.807) is 6.20 Å². The highest BCUT2D eigenvalue weighted by molar-refractivity contribution is 6.09. The highest BCUT2D eigenvalue weighted by Gasteiger charge is 2.11. The molecule has 3 rings (SSSR count). The van der Waals surface area contributed by atoms with Gasteiger partial charge >= 0.3 is 0 Å². The number of anilines is 1. The Kier molecular flexibility index (Phi) is 3.39. The lowest BCUT2D eigenvalue weighted by Crippen LogP contribution is -2.13. The standard InChI is InChI=1S/C16H12F2N2O/c17-13-6-5-10(7-14(13)18)19-9-16(21)12-8-20-15-4-2-1-3-11(12)15/h1-8,19-20H,9H2. The summed E-state index contributed by atoms with van der Waals surface area (Å²) in [5.41, 5.74) is 1.82. The van der Waals surface area contributed by atoms with E-state index in [-0.39, 0.29) is 12.3 Å². The third-order valence-corrected chi connectivity index (χ3v) is 3.26. The number of aromatic amines is 1. The number of nitrogens with one attached hydrogen (secondary N) is 2. The second-order valence-electron chi connectivity index (χ2n) is 4.65. The number of halogens is 2. The van der Waals surface area contributed by atoms with Crippen LogP contribution in [0.1, 0.15) is 10.4 Å². The molecule has 21 heavy (non-hydrogen) atoms. The molecule has 0 aliphatic heterocycles. The SMILES string of the molecule is O=C(CNc1ccc(F)c(F)c1)c1c[nH]c2ccccc12. The van der Waals surface area contributed by atoms with Gasteiger partial charge in [-0.3, -0.25) is 4.79 Å². The van der Waals surface area contributed by atoms with Crippen molar-refractivity contribution in [1.82, 2.24) is 4.98 Å². The summed E-state index contributed by atoms with van der Waals surface area (Å²) in [5.74, 6) is -1.99. The van der Waals surface area contributed by atoms with Crippen molar-refractivity contribution in [1.29, 1.82) is 0 Å². The Hall–Kier alpha value is -2.69. The number of benzene rings is 2. The normalized spacial score (nSPS) is 10.8. The van der Waals surface area contributed by atoms with Gasteiger partial charge in [-0.15, -0.1) is 0 Å². The van der Waals surface area contributed by atoms with Gasteiger partial charge in [0.25, 0.3) is 0 Å². The van der Waals surface area contributed by atoms with Crippen molar-refractivity contribution in [2.24, 2.45) is 0 Å². The van der Waals surface area contributed by atoms with Crippen molar-refractivity contribution < 1.29 is 13.6 Å². The summed E-state index contributed by atoms with van der Waals surface area (Å²) in [7, 11) is 0. The molecule has 0 atom stereocenters. The van der Waals surface area contributed by atoms with Crippen LogP contribution < -0.4 is 5.32 Å². The van der Waals surface area contributed by atoms with E-state index in [1.165, 1.54) is 6.07 Å². The average molecular weight is 286 g/mol. The van der Waals surface area contributed by atoms with Crippen LogP contribution in [0.2, 0.25) is 0 Å².